The van der Waals surface area contributed by atoms with Crippen molar-refractivity contribution in [2.24, 2.45) is 0 Å². The van der Waals surface area contributed by atoms with Crippen molar-refractivity contribution in [2.45, 2.75) is 45.6 Å². The van der Waals surface area contributed by atoms with Crippen molar-refractivity contribution in [3.05, 3.63) is 41.6 Å². The Bertz CT molecular complexity index is 750. The molecule has 6 heteroatoms. The second-order valence-electron chi connectivity index (χ2n) is 7.67. The third-order valence-electron chi connectivity index (χ3n) is 4.92. The van der Waals surface area contributed by atoms with E-state index in [0.29, 0.717) is 12.4 Å². The van der Waals surface area contributed by atoms with Crippen LogP contribution in [0.1, 0.15) is 50.3 Å². The van der Waals surface area contributed by atoms with Gasteiger partial charge >= 0.3 is 0 Å². The van der Waals surface area contributed by atoms with Crippen LogP contribution in [-0.2, 0) is 11.3 Å². The van der Waals surface area contributed by atoms with E-state index in [0.717, 1.165) is 25.3 Å². The zero-order valence-corrected chi connectivity index (χ0v) is 16.6. The summed E-state index contributed by atoms with van der Waals surface area (Å²) < 4.78 is 5.19. The van der Waals surface area contributed by atoms with E-state index in [1.54, 1.807) is 6.07 Å². The van der Waals surface area contributed by atoms with Gasteiger partial charge in [-0.15, -0.1) is 0 Å². The van der Waals surface area contributed by atoms with Crippen LogP contribution in [0.15, 0.2) is 34.9 Å². The molecule has 2 aromatic rings. The number of likely N-dealkylation sites (N-methyl/N-ethyl adjacent to an activating group) is 1. The molecule has 1 aliphatic rings. The lowest BCUT2D eigenvalue weighted by molar-refractivity contribution is -0.117. The molecule has 0 atom stereocenters. The summed E-state index contributed by atoms with van der Waals surface area (Å²) in [7, 11) is 1.96. The summed E-state index contributed by atoms with van der Waals surface area (Å²) in [6.07, 6.45) is 3.82. The van der Waals surface area contributed by atoms with Crippen LogP contribution in [-0.4, -0.2) is 42.6 Å². The summed E-state index contributed by atoms with van der Waals surface area (Å²) in [5.41, 5.74) is 3.40. The van der Waals surface area contributed by atoms with Crippen LogP contribution in [0.25, 0.3) is 0 Å². The van der Waals surface area contributed by atoms with Gasteiger partial charge in [0.2, 0.25) is 11.8 Å². The molecule has 1 fully saturated rings. The fourth-order valence-electron chi connectivity index (χ4n) is 3.48. The van der Waals surface area contributed by atoms with E-state index >= 15 is 0 Å². The Kier molecular flexibility index (Phi) is 6.50. The van der Waals surface area contributed by atoms with Gasteiger partial charge in [-0.1, -0.05) is 37.2 Å². The van der Waals surface area contributed by atoms with Gasteiger partial charge in [0.05, 0.1) is 12.2 Å². The molecule has 146 valence electrons. The van der Waals surface area contributed by atoms with Gasteiger partial charge in [-0.3, -0.25) is 15.0 Å². The van der Waals surface area contributed by atoms with E-state index in [4.69, 9.17) is 4.52 Å². The number of nitrogens with one attached hydrogen (secondary N) is 1. The van der Waals surface area contributed by atoms with Crippen molar-refractivity contribution in [3.8, 4) is 0 Å². The highest BCUT2D eigenvalue weighted by Crippen LogP contribution is 2.25. The molecule has 1 aromatic heterocycles. The number of amides is 1. The summed E-state index contributed by atoms with van der Waals surface area (Å²) in [5.74, 6) is 0.582. The van der Waals surface area contributed by atoms with Gasteiger partial charge in [0.15, 0.2) is 0 Å². The summed E-state index contributed by atoms with van der Waals surface area (Å²) in [5, 5.41) is 6.76. The second-order valence-corrected chi connectivity index (χ2v) is 7.67. The Labute approximate surface area is 161 Å². The van der Waals surface area contributed by atoms with E-state index in [1.807, 2.05) is 25.8 Å². The fraction of sp³-hybridized carbons (Fsp3) is 0.524. The Morgan fingerprint density at radius 2 is 2.00 bits per heavy atom. The maximum atomic E-state index is 12.3. The molecule has 1 N–H and O–H groups in total. The number of benzene rings is 1. The van der Waals surface area contributed by atoms with E-state index in [9.17, 15) is 4.79 Å². The predicted octanol–water partition coefficient (Wildman–Crippen LogP) is 3.86. The van der Waals surface area contributed by atoms with Crippen molar-refractivity contribution in [1.82, 2.24) is 10.1 Å². The minimum absolute atomic E-state index is 0.0978. The molecule has 0 aliphatic carbocycles. The van der Waals surface area contributed by atoms with Gasteiger partial charge in [-0.2, -0.15) is 0 Å². The van der Waals surface area contributed by atoms with Crippen LogP contribution < -0.4 is 10.2 Å². The number of hydrogen-bond donors (Lipinski definition) is 1. The lowest BCUT2D eigenvalue weighted by atomic mass is 10.1. The molecular weight excluding hydrogens is 340 g/mol. The number of rotatable bonds is 7. The SMILES string of the molecule is CC(C)c1cc(NC(=O)CN(C)Cc2ccccc2N2CCCCC2)on1. The van der Waals surface area contributed by atoms with Gasteiger partial charge < -0.3 is 9.42 Å². The predicted molar refractivity (Wildman–Crippen MR) is 108 cm³/mol. The molecule has 3 rings (SSSR count). The highest BCUT2D eigenvalue weighted by molar-refractivity contribution is 5.90. The van der Waals surface area contributed by atoms with Crippen LogP contribution in [0.5, 0.6) is 0 Å². The third kappa shape index (κ3) is 5.32. The molecular formula is C21H30N4O2. The number of para-hydroxylation sites is 1. The van der Waals surface area contributed by atoms with Crippen molar-refractivity contribution >= 4 is 17.5 Å². The lowest BCUT2D eigenvalue weighted by Crippen LogP contribution is -2.32. The van der Waals surface area contributed by atoms with Gasteiger partial charge in [0, 0.05) is 31.4 Å². The quantitative estimate of drug-likeness (QED) is 0.802. The monoisotopic (exact) mass is 370 g/mol. The molecule has 0 unspecified atom stereocenters. The second kappa shape index (κ2) is 9.04. The van der Waals surface area contributed by atoms with E-state index < -0.39 is 0 Å². The minimum atomic E-state index is -0.0978. The Morgan fingerprint density at radius 1 is 1.26 bits per heavy atom. The largest absolute Gasteiger partial charge is 0.371 e. The van der Waals surface area contributed by atoms with Crippen LogP contribution in [0.3, 0.4) is 0 Å². The first-order valence-electron chi connectivity index (χ1n) is 9.81. The summed E-state index contributed by atoms with van der Waals surface area (Å²) in [6, 6.07) is 10.3. The highest BCUT2D eigenvalue weighted by Gasteiger charge is 2.16. The molecule has 1 aromatic carbocycles. The Hall–Kier alpha value is -2.34. The molecule has 6 nitrogen and oxygen atoms in total. The van der Waals surface area contributed by atoms with Gasteiger partial charge in [-0.25, -0.2) is 0 Å². The van der Waals surface area contributed by atoms with Crippen LogP contribution in [0.4, 0.5) is 11.6 Å². The normalized spacial score (nSPS) is 14.8. The molecule has 0 saturated carbocycles. The number of carbonyl (C=O) groups is 1. The minimum Gasteiger partial charge on any atom is -0.371 e. The fourth-order valence-corrected chi connectivity index (χ4v) is 3.48. The Morgan fingerprint density at radius 3 is 2.70 bits per heavy atom. The first kappa shape index (κ1) is 19.4. The van der Waals surface area contributed by atoms with Crippen LogP contribution >= 0.6 is 0 Å². The van der Waals surface area contributed by atoms with Gasteiger partial charge in [0.25, 0.3) is 0 Å². The first-order valence-corrected chi connectivity index (χ1v) is 9.81. The maximum absolute atomic E-state index is 12.3. The Balaban J connectivity index is 1.57. The van der Waals surface area contributed by atoms with Gasteiger partial charge in [-0.05, 0) is 43.9 Å². The van der Waals surface area contributed by atoms with Crippen molar-refractivity contribution in [1.29, 1.82) is 0 Å². The highest BCUT2D eigenvalue weighted by atomic mass is 16.5. The zero-order chi connectivity index (χ0) is 19.2. The summed E-state index contributed by atoms with van der Waals surface area (Å²) in [4.78, 5) is 16.8. The average molecular weight is 370 g/mol. The number of anilines is 2. The zero-order valence-electron chi connectivity index (χ0n) is 16.6. The number of aromatic nitrogens is 1. The van der Waals surface area contributed by atoms with Crippen molar-refractivity contribution < 1.29 is 9.32 Å². The first-order chi connectivity index (χ1) is 13.0. The summed E-state index contributed by atoms with van der Waals surface area (Å²) >= 11 is 0. The topological polar surface area (TPSA) is 61.6 Å². The summed E-state index contributed by atoms with van der Waals surface area (Å²) in [6.45, 7) is 7.34. The molecule has 0 radical (unpaired) electrons. The third-order valence-corrected chi connectivity index (χ3v) is 4.92. The molecule has 0 spiro atoms. The average Bonchev–Trinajstić information content (AvgIpc) is 3.11. The number of hydrogen-bond acceptors (Lipinski definition) is 5. The molecule has 1 saturated heterocycles. The van der Waals surface area contributed by atoms with E-state index in [2.05, 4.69) is 39.6 Å². The molecule has 2 heterocycles. The van der Waals surface area contributed by atoms with Crippen molar-refractivity contribution in [3.63, 3.8) is 0 Å². The number of piperidine rings is 1. The standard InChI is InChI=1S/C21H30N4O2/c1-16(2)18-13-21(27-23-18)22-20(26)15-24(3)14-17-9-5-6-10-19(17)25-11-7-4-8-12-25/h5-6,9-10,13,16H,4,7-8,11-12,14-15H2,1-3H3,(H,22,26). The molecule has 27 heavy (non-hydrogen) atoms. The van der Waals surface area contributed by atoms with Crippen LogP contribution in [0.2, 0.25) is 0 Å². The number of nitrogens with zero attached hydrogens (tertiary/aromatic N) is 3. The van der Waals surface area contributed by atoms with E-state index in [-0.39, 0.29) is 11.8 Å². The maximum Gasteiger partial charge on any atom is 0.240 e. The smallest absolute Gasteiger partial charge is 0.240 e. The van der Waals surface area contributed by atoms with E-state index in [1.165, 1.54) is 30.5 Å². The lowest BCUT2D eigenvalue weighted by Gasteiger charge is -2.31. The number of carbonyl (C=O) groups excluding carboxylic acids is 1. The molecule has 0 bridgehead atoms. The van der Waals surface area contributed by atoms with Gasteiger partial charge in [0.1, 0.15) is 0 Å². The molecule has 1 aliphatic heterocycles. The molecule has 1 amide bonds. The van der Waals surface area contributed by atoms with Crippen LogP contribution in [0, 0.1) is 0 Å². The van der Waals surface area contributed by atoms with Crippen molar-refractivity contribution in [2.75, 3.05) is 36.9 Å².